The largest absolute Gasteiger partial charge is 0.508 e. The van der Waals surface area contributed by atoms with Crippen LogP contribution in [0, 0.1) is 0 Å². The molecule has 2 aromatic rings. The highest BCUT2D eigenvalue weighted by Crippen LogP contribution is 2.31. The van der Waals surface area contributed by atoms with E-state index in [1.165, 1.54) is 17.0 Å². The molecular weight excluding hydrogens is 354 g/mol. The van der Waals surface area contributed by atoms with Crippen LogP contribution in [0.1, 0.15) is 18.5 Å². The molecule has 6 nitrogen and oxygen atoms in total. The SMILES string of the molecule is CC1=C(C(=O)Nc2ccc(Cl)cc2)C(c2ccc(O)cc2)NC(=O)N1C. The highest BCUT2D eigenvalue weighted by atomic mass is 35.5. The van der Waals surface area contributed by atoms with Crippen LogP contribution in [0.3, 0.4) is 0 Å². The van der Waals surface area contributed by atoms with E-state index in [1.807, 2.05) is 0 Å². The molecule has 134 valence electrons. The number of hydrogen-bond donors (Lipinski definition) is 3. The van der Waals surface area contributed by atoms with Crippen molar-refractivity contribution in [2.45, 2.75) is 13.0 Å². The van der Waals surface area contributed by atoms with Gasteiger partial charge in [-0.3, -0.25) is 4.79 Å². The molecular formula is C19H18ClN3O3. The van der Waals surface area contributed by atoms with Crippen LogP contribution in [-0.2, 0) is 4.79 Å². The maximum absolute atomic E-state index is 12.9. The van der Waals surface area contributed by atoms with Crippen molar-refractivity contribution >= 4 is 29.2 Å². The van der Waals surface area contributed by atoms with Crippen LogP contribution in [-0.4, -0.2) is 29.0 Å². The molecule has 0 aliphatic carbocycles. The van der Waals surface area contributed by atoms with Crippen molar-refractivity contribution in [1.29, 1.82) is 0 Å². The maximum atomic E-state index is 12.9. The Morgan fingerprint density at radius 3 is 2.38 bits per heavy atom. The summed E-state index contributed by atoms with van der Waals surface area (Å²) in [7, 11) is 1.60. The van der Waals surface area contributed by atoms with Gasteiger partial charge in [-0.1, -0.05) is 23.7 Å². The lowest BCUT2D eigenvalue weighted by atomic mass is 9.94. The topological polar surface area (TPSA) is 81.7 Å². The second-order valence-corrected chi connectivity index (χ2v) is 6.43. The molecule has 1 aliphatic heterocycles. The minimum atomic E-state index is -0.619. The van der Waals surface area contributed by atoms with Crippen molar-refractivity contribution in [2.24, 2.45) is 0 Å². The van der Waals surface area contributed by atoms with Gasteiger partial charge in [0.25, 0.3) is 5.91 Å². The van der Waals surface area contributed by atoms with Crippen molar-refractivity contribution < 1.29 is 14.7 Å². The molecule has 0 fully saturated rings. The standard InChI is InChI=1S/C19H18ClN3O3/c1-11-16(18(25)21-14-7-5-13(20)6-8-14)17(22-19(26)23(11)2)12-3-9-15(24)10-4-12/h3-10,17,24H,1-2H3,(H,21,25)(H,22,26). The van der Waals surface area contributed by atoms with Crippen LogP contribution in [0.2, 0.25) is 5.02 Å². The van der Waals surface area contributed by atoms with E-state index in [2.05, 4.69) is 10.6 Å². The zero-order chi connectivity index (χ0) is 18.8. The van der Waals surface area contributed by atoms with E-state index in [9.17, 15) is 14.7 Å². The van der Waals surface area contributed by atoms with Gasteiger partial charge in [-0.25, -0.2) is 4.79 Å². The number of nitrogens with one attached hydrogen (secondary N) is 2. The molecule has 26 heavy (non-hydrogen) atoms. The summed E-state index contributed by atoms with van der Waals surface area (Å²) in [6.45, 7) is 1.73. The molecule has 7 heteroatoms. The molecule has 1 heterocycles. The molecule has 3 amide bonds. The number of aromatic hydroxyl groups is 1. The molecule has 3 N–H and O–H groups in total. The Balaban J connectivity index is 1.97. The minimum Gasteiger partial charge on any atom is -0.508 e. The summed E-state index contributed by atoms with van der Waals surface area (Å²) in [5.74, 6) is -0.212. The molecule has 3 rings (SSSR count). The average molecular weight is 372 g/mol. The second-order valence-electron chi connectivity index (χ2n) is 5.99. The lowest BCUT2D eigenvalue weighted by Gasteiger charge is -2.33. The highest BCUT2D eigenvalue weighted by Gasteiger charge is 2.34. The Bertz CT molecular complexity index is 876. The fourth-order valence-electron chi connectivity index (χ4n) is 2.78. The predicted octanol–water partition coefficient (Wildman–Crippen LogP) is 3.65. The maximum Gasteiger partial charge on any atom is 0.322 e. The minimum absolute atomic E-state index is 0.112. The van der Waals surface area contributed by atoms with E-state index in [0.29, 0.717) is 27.5 Å². The van der Waals surface area contributed by atoms with Gasteiger partial charge < -0.3 is 20.6 Å². The zero-order valence-electron chi connectivity index (χ0n) is 14.3. The number of rotatable bonds is 3. The lowest BCUT2D eigenvalue weighted by Crippen LogP contribution is -2.46. The molecule has 0 saturated carbocycles. The molecule has 1 unspecified atom stereocenters. The first kappa shape index (κ1) is 17.8. The number of halogens is 1. The van der Waals surface area contributed by atoms with Crippen LogP contribution < -0.4 is 10.6 Å². The van der Waals surface area contributed by atoms with Gasteiger partial charge in [-0.15, -0.1) is 0 Å². The van der Waals surface area contributed by atoms with Gasteiger partial charge in [0, 0.05) is 23.5 Å². The first-order valence-electron chi connectivity index (χ1n) is 7.97. The van der Waals surface area contributed by atoms with Crippen molar-refractivity contribution in [3.63, 3.8) is 0 Å². The summed E-state index contributed by atoms with van der Waals surface area (Å²) >= 11 is 5.87. The summed E-state index contributed by atoms with van der Waals surface area (Å²) in [5.41, 5.74) is 2.28. The van der Waals surface area contributed by atoms with Crippen LogP contribution in [0.4, 0.5) is 10.5 Å². The third-order valence-electron chi connectivity index (χ3n) is 4.33. The lowest BCUT2D eigenvalue weighted by molar-refractivity contribution is -0.113. The molecule has 0 saturated heterocycles. The first-order valence-corrected chi connectivity index (χ1v) is 8.35. The predicted molar refractivity (Wildman–Crippen MR) is 99.9 cm³/mol. The first-order chi connectivity index (χ1) is 12.4. The van der Waals surface area contributed by atoms with E-state index in [0.717, 1.165) is 0 Å². The van der Waals surface area contributed by atoms with E-state index < -0.39 is 6.04 Å². The van der Waals surface area contributed by atoms with Crippen molar-refractivity contribution in [1.82, 2.24) is 10.2 Å². The molecule has 1 atom stereocenters. The quantitative estimate of drug-likeness (QED) is 0.770. The number of amides is 3. The van der Waals surface area contributed by atoms with Crippen LogP contribution in [0.5, 0.6) is 5.75 Å². The molecule has 0 aromatic heterocycles. The van der Waals surface area contributed by atoms with Gasteiger partial charge in [-0.2, -0.15) is 0 Å². The van der Waals surface area contributed by atoms with E-state index >= 15 is 0 Å². The van der Waals surface area contributed by atoms with Crippen molar-refractivity contribution in [2.75, 3.05) is 12.4 Å². The Morgan fingerprint density at radius 1 is 1.15 bits per heavy atom. The summed E-state index contributed by atoms with van der Waals surface area (Å²) < 4.78 is 0. The smallest absolute Gasteiger partial charge is 0.322 e. The third-order valence-corrected chi connectivity index (χ3v) is 4.58. The number of carbonyl (C=O) groups is 2. The fourth-order valence-corrected chi connectivity index (χ4v) is 2.90. The normalized spacial score (nSPS) is 17.1. The molecule has 0 spiro atoms. The number of benzene rings is 2. The van der Waals surface area contributed by atoms with Crippen LogP contribution >= 0.6 is 11.6 Å². The monoisotopic (exact) mass is 371 g/mol. The Hall–Kier alpha value is -2.99. The van der Waals surface area contributed by atoms with Gasteiger partial charge in [-0.05, 0) is 48.9 Å². The number of phenolic OH excluding ortho intramolecular Hbond substituents is 1. The van der Waals surface area contributed by atoms with Crippen LogP contribution in [0.15, 0.2) is 59.8 Å². The number of hydrogen-bond acceptors (Lipinski definition) is 3. The average Bonchev–Trinajstić information content (AvgIpc) is 2.62. The molecule has 0 bridgehead atoms. The number of allylic oxidation sites excluding steroid dienone is 1. The van der Waals surface area contributed by atoms with Gasteiger partial charge in [0.2, 0.25) is 0 Å². The van der Waals surface area contributed by atoms with Crippen LogP contribution in [0.25, 0.3) is 0 Å². The Morgan fingerprint density at radius 2 is 1.77 bits per heavy atom. The summed E-state index contributed by atoms with van der Waals surface area (Å²) in [4.78, 5) is 26.5. The number of urea groups is 1. The Kier molecular flexibility index (Phi) is 4.86. The van der Waals surface area contributed by atoms with E-state index in [1.54, 1.807) is 50.4 Å². The molecule has 2 aromatic carbocycles. The second kappa shape index (κ2) is 7.09. The van der Waals surface area contributed by atoms with Crippen molar-refractivity contribution in [3.8, 4) is 5.75 Å². The summed E-state index contributed by atoms with van der Waals surface area (Å²) in [5, 5.41) is 15.7. The van der Waals surface area contributed by atoms with Gasteiger partial charge in [0.1, 0.15) is 5.75 Å². The molecule has 1 aliphatic rings. The fraction of sp³-hybridized carbons (Fsp3) is 0.158. The van der Waals surface area contributed by atoms with E-state index in [4.69, 9.17) is 11.6 Å². The zero-order valence-corrected chi connectivity index (χ0v) is 15.0. The number of anilines is 1. The molecule has 0 radical (unpaired) electrons. The van der Waals surface area contributed by atoms with Gasteiger partial charge in [0.05, 0.1) is 11.6 Å². The van der Waals surface area contributed by atoms with Crippen molar-refractivity contribution in [3.05, 3.63) is 70.4 Å². The number of phenols is 1. The Labute approximate surface area is 156 Å². The highest BCUT2D eigenvalue weighted by molar-refractivity contribution is 6.30. The summed E-state index contributed by atoms with van der Waals surface area (Å²) in [6.07, 6.45) is 0. The number of carbonyl (C=O) groups excluding carboxylic acids is 2. The van der Waals surface area contributed by atoms with Gasteiger partial charge >= 0.3 is 6.03 Å². The number of nitrogens with zero attached hydrogens (tertiary/aromatic N) is 1. The summed E-state index contributed by atoms with van der Waals surface area (Å²) in [6, 6.07) is 12.2. The van der Waals surface area contributed by atoms with Gasteiger partial charge in [0.15, 0.2) is 0 Å². The third kappa shape index (κ3) is 3.50. The van der Waals surface area contributed by atoms with E-state index in [-0.39, 0.29) is 17.7 Å².